The van der Waals surface area contributed by atoms with Gasteiger partial charge in [-0.3, -0.25) is 4.90 Å². The van der Waals surface area contributed by atoms with Gasteiger partial charge in [-0.1, -0.05) is 20.8 Å². The minimum atomic E-state index is -2.90. The van der Waals surface area contributed by atoms with E-state index in [0.29, 0.717) is 13.0 Å². The monoisotopic (exact) mass is 305 g/mol. The maximum Gasteiger partial charge on any atom is 0.152 e. The molecule has 1 heterocycles. The van der Waals surface area contributed by atoms with E-state index in [0.717, 1.165) is 39.1 Å². The number of sulfone groups is 1. The fourth-order valence-electron chi connectivity index (χ4n) is 3.19. The number of hydrogen-bond donors (Lipinski definition) is 1. The highest BCUT2D eigenvalue weighted by atomic mass is 32.2. The molecule has 0 aromatic carbocycles. The molecule has 1 aliphatic rings. The molecule has 0 aromatic rings. The molecule has 0 aliphatic carbocycles. The van der Waals surface area contributed by atoms with E-state index < -0.39 is 9.84 Å². The molecule has 5 nitrogen and oxygen atoms in total. The number of nitrogens with two attached hydrogens (primary N) is 1. The molecular weight excluding hydrogens is 274 g/mol. The van der Waals surface area contributed by atoms with Crippen molar-refractivity contribution in [3.63, 3.8) is 0 Å². The van der Waals surface area contributed by atoms with Crippen LogP contribution in [-0.2, 0) is 9.84 Å². The molecule has 1 fully saturated rings. The Morgan fingerprint density at radius 2 is 1.75 bits per heavy atom. The van der Waals surface area contributed by atoms with Gasteiger partial charge in [-0.05, 0) is 45.6 Å². The molecule has 0 bridgehead atoms. The number of hydrogen-bond acceptors (Lipinski definition) is 5. The molecule has 1 saturated heterocycles. The fourth-order valence-corrected chi connectivity index (χ4v) is 5.29. The van der Waals surface area contributed by atoms with Crippen molar-refractivity contribution in [3.05, 3.63) is 0 Å². The predicted molar refractivity (Wildman–Crippen MR) is 84.7 cm³/mol. The minimum absolute atomic E-state index is 0.232. The third-order valence-electron chi connectivity index (χ3n) is 4.60. The van der Waals surface area contributed by atoms with Crippen LogP contribution >= 0.6 is 0 Å². The topological polar surface area (TPSA) is 66.6 Å². The predicted octanol–water partition coefficient (Wildman–Crippen LogP) is 0.556. The van der Waals surface area contributed by atoms with E-state index in [9.17, 15) is 8.42 Å². The highest BCUT2D eigenvalue weighted by molar-refractivity contribution is 7.91. The minimum Gasteiger partial charge on any atom is -0.329 e. The molecule has 20 heavy (non-hydrogen) atoms. The van der Waals surface area contributed by atoms with E-state index in [1.807, 2.05) is 0 Å². The van der Waals surface area contributed by atoms with Crippen molar-refractivity contribution in [2.45, 2.75) is 39.2 Å². The molecule has 0 amide bonds. The largest absolute Gasteiger partial charge is 0.329 e. The van der Waals surface area contributed by atoms with E-state index in [1.54, 1.807) is 0 Å². The van der Waals surface area contributed by atoms with Gasteiger partial charge in [0.1, 0.15) is 0 Å². The van der Waals surface area contributed by atoms with Crippen molar-refractivity contribution in [1.29, 1.82) is 0 Å². The van der Waals surface area contributed by atoms with Gasteiger partial charge in [-0.2, -0.15) is 0 Å². The van der Waals surface area contributed by atoms with Crippen LogP contribution in [0.25, 0.3) is 0 Å². The van der Waals surface area contributed by atoms with E-state index in [4.69, 9.17) is 5.73 Å². The molecule has 2 N–H and O–H groups in total. The van der Waals surface area contributed by atoms with Gasteiger partial charge in [-0.25, -0.2) is 8.42 Å². The molecule has 0 spiro atoms. The van der Waals surface area contributed by atoms with E-state index in [-0.39, 0.29) is 17.0 Å². The number of nitrogens with zero attached hydrogens (tertiary/aromatic N) is 2. The summed E-state index contributed by atoms with van der Waals surface area (Å²) in [6.45, 7) is 11.9. The first-order valence-corrected chi connectivity index (χ1v) is 9.63. The summed E-state index contributed by atoms with van der Waals surface area (Å²) in [4.78, 5) is 4.69. The summed E-state index contributed by atoms with van der Waals surface area (Å²) < 4.78 is 23.6. The Hall–Kier alpha value is -0.170. The Balaban J connectivity index is 2.60. The molecular formula is C14H31N3O2S. The molecule has 0 aromatic heterocycles. The van der Waals surface area contributed by atoms with Crippen molar-refractivity contribution in [2.24, 2.45) is 5.73 Å². The van der Waals surface area contributed by atoms with E-state index in [1.165, 1.54) is 0 Å². The third kappa shape index (κ3) is 4.41. The summed E-state index contributed by atoms with van der Waals surface area (Å²) in [5.74, 6) is 0.520. The second kappa shape index (κ2) is 7.73. The Morgan fingerprint density at radius 1 is 1.10 bits per heavy atom. The second-order valence-electron chi connectivity index (χ2n) is 5.73. The van der Waals surface area contributed by atoms with Gasteiger partial charge in [0.25, 0.3) is 0 Å². The van der Waals surface area contributed by atoms with Crippen molar-refractivity contribution >= 4 is 9.84 Å². The number of rotatable bonds is 9. The van der Waals surface area contributed by atoms with Gasteiger partial charge in [0.2, 0.25) is 0 Å². The van der Waals surface area contributed by atoms with Crippen LogP contribution < -0.4 is 5.73 Å². The van der Waals surface area contributed by atoms with Crippen molar-refractivity contribution < 1.29 is 8.42 Å². The van der Waals surface area contributed by atoms with Crippen LogP contribution in [0.2, 0.25) is 0 Å². The van der Waals surface area contributed by atoms with Crippen molar-refractivity contribution in [1.82, 2.24) is 9.80 Å². The number of likely N-dealkylation sites (N-methyl/N-ethyl adjacent to an activating group) is 1. The van der Waals surface area contributed by atoms with Gasteiger partial charge in [0.05, 0.1) is 11.5 Å². The zero-order valence-electron chi connectivity index (χ0n) is 13.3. The van der Waals surface area contributed by atoms with Crippen molar-refractivity contribution in [2.75, 3.05) is 50.8 Å². The molecule has 120 valence electrons. The van der Waals surface area contributed by atoms with Crippen LogP contribution in [0.4, 0.5) is 0 Å². The SMILES string of the molecule is CCN(CC)CCCN(CC)C1(CN)CCS(=O)(=O)C1. The maximum absolute atomic E-state index is 11.8. The van der Waals surface area contributed by atoms with Crippen LogP contribution in [0.5, 0.6) is 0 Å². The lowest BCUT2D eigenvalue weighted by Gasteiger charge is -2.39. The first-order chi connectivity index (χ1) is 9.43. The molecule has 0 saturated carbocycles. The van der Waals surface area contributed by atoms with Gasteiger partial charge in [0.15, 0.2) is 9.84 Å². The first kappa shape index (κ1) is 17.9. The maximum atomic E-state index is 11.8. The molecule has 1 rings (SSSR count). The molecule has 1 atom stereocenters. The summed E-state index contributed by atoms with van der Waals surface area (Å²) in [5.41, 5.74) is 5.61. The van der Waals surface area contributed by atoms with Gasteiger partial charge in [0, 0.05) is 12.1 Å². The van der Waals surface area contributed by atoms with Crippen LogP contribution in [0.3, 0.4) is 0 Å². The summed E-state index contributed by atoms with van der Waals surface area (Å²) in [6.07, 6.45) is 1.75. The lowest BCUT2D eigenvalue weighted by molar-refractivity contribution is 0.116. The molecule has 6 heteroatoms. The molecule has 0 radical (unpaired) electrons. The van der Waals surface area contributed by atoms with Gasteiger partial charge < -0.3 is 10.6 Å². The Morgan fingerprint density at radius 3 is 2.15 bits per heavy atom. The highest BCUT2D eigenvalue weighted by Crippen LogP contribution is 2.29. The summed E-state index contributed by atoms with van der Waals surface area (Å²) in [5, 5.41) is 0. The lowest BCUT2D eigenvalue weighted by atomic mass is 9.96. The molecule has 1 unspecified atom stereocenters. The second-order valence-corrected chi connectivity index (χ2v) is 7.91. The summed E-state index contributed by atoms with van der Waals surface area (Å²) in [6, 6.07) is 0. The van der Waals surface area contributed by atoms with Crippen LogP contribution in [0.15, 0.2) is 0 Å². The normalized spacial score (nSPS) is 25.7. The zero-order chi connectivity index (χ0) is 15.2. The van der Waals surface area contributed by atoms with Crippen LogP contribution in [0.1, 0.15) is 33.6 Å². The average Bonchev–Trinajstić information content (AvgIpc) is 2.76. The Kier molecular flexibility index (Phi) is 6.91. The standard InChI is InChI=1S/C14H31N3O2S/c1-4-16(5-2)9-7-10-17(6-3)14(12-15)8-11-20(18,19)13-14/h4-13,15H2,1-3H3. The summed E-state index contributed by atoms with van der Waals surface area (Å²) >= 11 is 0. The smallest absolute Gasteiger partial charge is 0.152 e. The average molecular weight is 305 g/mol. The van der Waals surface area contributed by atoms with E-state index >= 15 is 0 Å². The quantitative estimate of drug-likeness (QED) is 0.674. The van der Waals surface area contributed by atoms with E-state index in [2.05, 4.69) is 30.6 Å². The summed E-state index contributed by atoms with van der Waals surface area (Å²) in [7, 11) is -2.90. The van der Waals surface area contributed by atoms with Crippen LogP contribution in [0, 0.1) is 0 Å². The van der Waals surface area contributed by atoms with Gasteiger partial charge >= 0.3 is 0 Å². The zero-order valence-corrected chi connectivity index (χ0v) is 14.1. The Bertz CT molecular complexity index is 382. The Labute approximate surface area is 124 Å². The third-order valence-corrected chi connectivity index (χ3v) is 6.40. The molecule has 1 aliphatic heterocycles. The highest BCUT2D eigenvalue weighted by Gasteiger charge is 2.44. The van der Waals surface area contributed by atoms with Gasteiger partial charge in [-0.15, -0.1) is 0 Å². The first-order valence-electron chi connectivity index (χ1n) is 7.81. The van der Waals surface area contributed by atoms with Crippen molar-refractivity contribution in [3.8, 4) is 0 Å². The fraction of sp³-hybridized carbons (Fsp3) is 1.00. The van der Waals surface area contributed by atoms with Crippen LogP contribution in [-0.4, -0.2) is 74.5 Å². The lowest BCUT2D eigenvalue weighted by Crippen LogP contribution is -2.55.